The van der Waals surface area contributed by atoms with E-state index in [2.05, 4.69) is 21.4 Å². The van der Waals surface area contributed by atoms with Gasteiger partial charge in [0.1, 0.15) is 26.9 Å². The first-order valence-electron chi connectivity index (χ1n) is 24.8. The molecule has 0 bridgehead atoms. The molecule has 1 unspecified atom stereocenters. The van der Waals surface area contributed by atoms with Gasteiger partial charge in [-0.2, -0.15) is 0 Å². The lowest BCUT2D eigenvalue weighted by Gasteiger charge is -2.39. The smallest absolute Gasteiger partial charge is 0.415 e. The number of nitrogens with one attached hydrogen (secondary N) is 1. The molecule has 1 aromatic carbocycles. The fraction of sp³-hybridized carbons (Fsp3) is 0.588. The van der Waals surface area contributed by atoms with E-state index in [1.165, 1.54) is 32.8 Å². The molecule has 6 heterocycles. The summed E-state index contributed by atoms with van der Waals surface area (Å²) in [4.78, 5) is 83.5. The van der Waals surface area contributed by atoms with Crippen LogP contribution in [-0.4, -0.2) is 155 Å². The van der Waals surface area contributed by atoms with E-state index < -0.39 is 30.1 Å². The number of carbonyl (C=O) groups is 5. The normalized spacial score (nSPS) is 17.1. The molecule has 7 rings (SSSR count). The standard InChI is InChI=1S/C35H41N5O7.C9H17NO5.C5H12O2.C2H2/c1-3-23-24-16-22(46-34(44)39-14-10-21(11-15-39)38-12-6-5-7-13-38)8-9-28(24)37-31-25(23)19-40-29(31)17-27-26(32(40)42)20-45-33(43)35(27,4-2)47-30(41)18-36;1-3-14-4-5-15-7-8(11)10-6-9(12)13-2;1-3-7-5-4-6-2;1-2/h8-9,16-17,21H,3-7,10-15,18-20,36H2,1-2H3;3-7H2,1-2H3,(H,10,11);3-5H2,1-2H3;1-2H/i;;;1D. The van der Waals surface area contributed by atoms with Crippen LogP contribution in [0.4, 0.5) is 4.79 Å². The highest BCUT2D eigenvalue weighted by molar-refractivity contribution is 5.91. The number of pyridine rings is 2. The molecule has 2 fully saturated rings. The number of aromatic nitrogens is 2. The van der Waals surface area contributed by atoms with Gasteiger partial charge in [0, 0.05) is 56.0 Å². The Balaban J connectivity index is 0.000000373. The van der Waals surface area contributed by atoms with E-state index in [4.69, 9.17) is 45.2 Å². The number of nitrogens with zero attached hydrogens (tertiary/aromatic N) is 4. The number of hydrogen-bond donors (Lipinski definition) is 2. The Morgan fingerprint density at radius 1 is 0.915 bits per heavy atom. The second-order valence-corrected chi connectivity index (χ2v) is 16.7. The molecular weight excluding hydrogens is 921 g/mol. The first-order valence-corrected chi connectivity index (χ1v) is 24.3. The lowest BCUT2D eigenvalue weighted by Crippen LogP contribution is -2.48. The minimum absolute atomic E-state index is 0.0730. The summed E-state index contributed by atoms with van der Waals surface area (Å²) in [6, 6.07) is 7.71. The highest BCUT2D eigenvalue weighted by Crippen LogP contribution is 2.42. The van der Waals surface area contributed by atoms with Crippen LogP contribution in [0.5, 0.6) is 5.75 Å². The van der Waals surface area contributed by atoms with Gasteiger partial charge >= 0.3 is 24.0 Å². The molecular formula is C51H72N6O14. The molecule has 2 amide bonds. The van der Waals surface area contributed by atoms with Crippen LogP contribution in [0.25, 0.3) is 22.3 Å². The molecule has 390 valence electrons. The minimum atomic E-state index is -1.77. The summed E-state index contributed by atoms with van der Waals surface area (Å²) in [5.74, 6) is -1.89. The van der Waals surface area contributed by atoms with E-state index in [1.807, 2.05) is 32.9 Å². The molecule has 0 spiro atoms. The van der Waals surface area contributed by atoms with E-state index in [0.717, 1.165) is 49.1 Å². The zero-order valence-electron chi connectivity index (χ0n) is 43.1. The van der Waals surface area contributed by atoms with E-state index in [0.29, 0.717) is 86.8 Å². The first-order chi connectivity index (χ1) is 34.8. The lowest BCUT2D eigenvalue weighted by molar-refractivity contribution is -0.188. The van der Waals surface area contributed by atoms with Crippen molar-refractivity contribution >= 4 is 40.8 Å². The molecule has 4 aliphatic rings. The number of aryl methyl sites for hydroxylation is 1. The number of methoxy groups -OCH3 is 2. The Labute approximate surface area is 417 Å². The third-order valence-corrected chi connectivity index (χ3v) is 12.5. The molecule has 3 aromatic rings. The SMILES string of the molecule is CCOCCOC.CCOCCOCC(=O)NCC(=O)OC.CCc1c2c(nc3ccc(OC(=O)N4CCC(N5CCCCC5)CC4)cc13)-c1cc3c(c(=O)n1C2)COC(=O)C3(CC)OC(=O)CN.[2H]C#C. The Morgan fingerprint density at radius 2 is 1.59 bits per heavy atom. The number of amides is 2. The van der Waals surface area contributed by atoms with Gasteiger partial charge in [-0.3, -0.25) is 19.2 Å². The van der Waals surface area contributed by atoms with Crippen molar-refractivity contribution in [2.24, 2.45) is 5.73 Å². The third-order valence-electron chi connectivity index (χ3n) is 12.5. The number of carbonyl (C=O) groups excluding carboxylic acids is 5. The molecule has 20 nitrogen and oxygen atoms in total. The number of likely N-dealkylation sites (tertiary alicyclic amines) is 2. The number of esters is 3. The number of fused-ring (bicyclic) bond motifs is 5. The molecule has 2 aromatic heterocycles. The van der Waals surface area contributed by atoms with Crippen molar-refractivity contribution in [3.63, 3.8) is 0 Å². The van der Waals surface area contributed by atoms with Crippen molar-refractivity contribution in [3.8, 4) is 30.0 Å². The van der Waals surface area contributed by atoms with Gasteiger partial charge in [0.25, 0.3) is 5.56 Å². The summed E-state index contributed by atoms with van der Waals surface area (Å²) in [5, 5.41) is 3.20. The number of piperidine rings is 2. The van der Waals surface area contributed by atoms with Gasteiger partial charge in [0.15, 0.2) is 0 Å². The molecule has 71 heavy (non-hydrogen) atoms. The van der Waals surface area contributed by atoms with Crippen LogP contribution < -0.4 is 21.3 Å². The van der Waals surface area contributed by atoms with E-state index in [1.54, 1.807) is 35.6 Å². The summed E-state index contributed by atoms with van der Waals surface area (Å²) in [5.41, 5.74) is 7.73. The number of terminal acetylenes is 1. The van der Waals surface area contributed by atoms with Crippen LogP contribution in [0.2, 0.25) is 0 Å². The van der Waals surface area contributed by atoms with Crippen molar-refractivity contribution < 1.29 is 63.2 Å². The lowest BCUT2D eigenvalue weighted by atomic mass is 9.85. The summed E-state index contributed by atoms with van der Waals surface area (Å²) >= 11 is 0. The second-order valence-electron chi connectivity index (χ2n) is 16.7. The number of ether oxygens (including phenoxy) is 8. The zero-order valence-corrected chi connectivity index (χ0v) is 42.1. The number of rotatable bonds is 18. The second kappa shape index (κ2) is 29.4. The summed E-state index contributed by atoms with van der Waals surface area (Å²) in [7, 11) is 2.92. The molecule has 4 aliphatic heterocycles. The maximum atomic E-state index is 13.9. The van der Waals surface area contributed by atoms with Gasteiger partial charge in [-0.25, -0.2) is 14.6 Å². The van der Waals surface area contributed by atoms with Crippen molar-refractivity contribution in [2.75, 3.05) is 99.7 Å². The van der Waals surface area contributed by atoms with Gasteiger partial charge in [0.05, 0.1) is 69.1 Å². The first kappa shape index (κ1) is 56.0. The Bertz CT molecular complexity index is 2390. The van der Waals surface area contributed by atoms with Crippen LogP contribution in [0.3, 0.4) is 0 Å². The van der Waals surface area contributed by atoms with Gasteiger partial charge in [-0.05, 0) is 95.3 Å². The largest absolute Gasteiger partial charge is 0.468 e. The zero-order chi connectivity index (χ0) is 52.6. The summed E-state index contributed by atoms with van der Waals surface area (Å²) in [6.07, 6.45) is 11.9. The van der Waals surface area contributed by atoms with E-state index in [-0.39, 0.29) is 55.8 Å². The topological polar surface area (TPSA) is 239 Å². The van der Waals surface area contributed by atoms with E-state index in [9.17, 15) is 28.8 Å². The maximum absolute atomic E-state index is 13.9. The molecule has 0 aliphatic carbocycles. The van der Waals surface area contributed by atoms with Gasteiger partial charge in [-0.1, -0.05) is 20.3 Å². The minimum Gasteiger partial charge on any atom is -0.468 e. The molecule has 0 radical (unpaired) electrons. The van der Waals surface area contributed by atoms with Crippen molar-refractivity contribution in [1.29, 1.82) is 0 Å². The monoisotopic (exact) mass is 994 g/mol. The van der Waals surface area contributed by atoms with Gasteiger partial charge in [0.2, 0.25) is 11.5 Å². The summed E-state index contributed by atoms with van der Waals surface area (Å²) < 4.78 is 48.2. The van der Waals surface area contributed by atoms with Crippen LogP contribution in [-0.2, 0) is 77.5 Å². The number of benzene rings is 1. The van der Waals surface area contributed by atoms with Crippen LogP contribution in [0.1, 0.15) is 89.8 Å². The quantitative estimate of drug-likeness (QED) is 0.0623. The van der Waals surface area contributed by atoms with E-state index >= 15 is 0 Å². The average Bonchev–Trinajstić information content (AvgIpc) is 3.77. The molecule has 0 saturated carbocycles. The Morgan fingerprint density at radius 3 is 2.21 bits per heavy atom. The molecule has 20 heteroatoms. The number of hydrogen-bond acceptors (Lipinski definition) is 17. The third kappa shape index (κ3) is 15.0. The highest BCUT2D eigenvalue weighted by Gasteiger charge is 2.50. The fourth-order valence-corrected chi connectivity index (χ4v) is 8.87. The van der Waals surface area contributed by atoms with Crippen LogP contribution in [0.15, 0.2) is 29.1 Å². The Kier molecular flexibility index (Phi) is 23.2. The highest BCUT2D eigenvalue weighted by atomic mass is 16.6. The predicted octanol–water partition coefficient (Wildman–Crippen LogP) is 3.85. The maximum Gasteiger partial charge on any atom is 0.415 e. The van der Waals surface area contributed by atoms with Crippen LogP contribution in [0, 0.1) is 12.8 Å². The molecule has 2 saturated heterocycles. The molecule has 3 N–H and O–H groups in total. The van der Waals surface area contributed by atoms with Gasteiger partial charge < -0.3 is 63.3 Å². The van der Waals surface area contributed by atoms with Crippen molar-refractivity contribution in [3.05, 3.63) is 56.9 Å². The Hall–Kier alpha value is -5.95. The summed E-state index contributed by atoms with van der Waals surface area (Å²) in [6.45, 7) is 14.3. The number of nitrogens with two attached hydrogens (primary N) is 1. The molecule has 1 atom stereocenters. The van der Waals surface area contributed by atoms with Crippen LogP contribution >= 0.6 is 0 Å². The number of cyclic esters (lactones) is 1. The van der Waals surface area contributed by atoms with Crippen molar-refractivity contribution in [2.45, 2.75) is 97.4 Å². The van der Waals surface area contributed by atoms with Crippen molar-refractivity contribution in [1.82, 2.24) is 24.7 Å². The fourth-order valence-electron chi connectivity index (χ4n) is 8.87. The predicted molar refractivity (Wildman–Crippen MR) is 263 cm³/mol. The average molecular weight is 994 g/mol. The van der Waals surface area contributed by atoms with Gasteiger partial charge in [-0.15, -0.1) is 12.8 Å².